The number of hydrogen-bond acceptors (Lipinski definition) is 6. The average Bonchev–Trinajstić information content (AvgIpc) is 3.20. The van der Waals surface area contributed by atoms with Crippen molar-refractivity contribution in [2.75, 3.05) is 12.4 Å². The summed E-state index contributed by atoms with van der Waals surface area (Å²) < 4.78 is 7.02. The summed E-state index contributed by atoms with van der Waals surface area (Å²) in [5.74, 6) is 0.689. The molecule has 1 N–H and O–H groups in total. The van der Waals surface area contributed by atoms with Crippen LogP contribution in [-0.4, -0.2) is 32.3 Å². The molecule has 2 aromatic heterocycles. The number of tetrazole rings is 1. The van der Waals surface area contributed by atoms with E-state index in [0.717, 1.165) is 27.8 Å². The van der Waals surface area contributed by atoms with Crippen LogP contribution in [0, 0.1) is 0 Å². The zero-order valence-corrected chi connectivity index (χ0v) is 13.6. The second kappa shape index (κ2) is 6.56. The Balaban J connectivity index is 1.54. The van der Waals surface area contributed by atoms with Crippen LogP contribution in [0.3, 0.4) is 0 Å². The molecule has 2 aromatic carbocycles. The lowest BCUT2D eigenvalue weighted by Crippen LogP contribution is -2.03. The molecule has 0 spiro atoms. The fourth-order valence-electron chi connectivity index (χ4n) is 2.67. The number of aromatic nitrogens is 5. The van der Waals surface area contributed by atoms with Gasteiger partial charge >= 0.3 is 0 Å². The molecule has 0 fully saturated rings. The molecule has 0 saturated carbocycles. The van der Waals surface area contributed by atoms with E-state index in [1.54, 1.807) is 11.8 Å². The lowest BCUT2D eigenvalue weighted by molar-refractivity contribution is 0.411. The number of hydrogen-bond donors (Lipinski definition) is 1. The fraction of sp³-hybridized carbons (Fsp3) is 0.111. The molecule has 0 unspecified atom stereocenters. The zero-order valence-electron chi connectivity index (χ0n) is 13.6. The molecule has 7 nitrogen and oxygen atoms in total. The Bertz CT molecular complexity index is 1000. The van der Waals surface area contributed by atoms with Gasteiger partial charge in [0.2, 0.25) is 0 Å². The molecule has 0 aliphatic heterocycles. The Hall–Kier alpha value is -3.48. The van der Waals surface area contributed by atoms with Crippen LogP contribution in [0.1, 0.15) is 5.56 Å². The summed E-state index contributed by atoms with van der Waals surface area (Å²) in [6, 6.07) is 16.0. The van der Waals surface area contributed by atoms with Gasteiger partial charge in [0.1, 0.15) is 17.8 Å². The molecule has 0 aliphatic carbocycles. The summed E-state index contributed by atoms with van der Waals surface area (Å²) in [6.07, 6.45) is 3.42. The Morgan fingerprint density at radius 3 is 2.88 bits per heavy atom. The molecule has 0 amide bonds. The predicted octanol–water partition coefficient (Wildman–Crippen LogP) is 2.83. The normalized spacial score (nSPS) is 10.8. The first kappa shape index (κ1) is 15.1. The van der Waals surface area contributed by atoms with Crippen molar-refractivity contribution in [3.63, 3.8) is 0 Å². The second-order valence-electron chi connectivity index (χ2n) is 5.53. The van der Waals surface area contributed by atoms with Crippen LogP contribution in [0.4, 0.5) is 5.69 Å². The number of fused-ring (bicyclic) bond motifs is 1. The third-order valence-corrected chi connectivity index (χ3v) is 3.92. The highest BCUT2D eigenvalue weighted by atomic mass is 16.5. The number of ether oxygens (including phenoxy) is 1. The van der Waals surface area contributed by atoms with E-state index in [0.29, 0.717) is 12.3 Å². The number of pyridine rings is 1. The smallest absolute Gasteiger partial charge is 0.146 e. The lowest BCUT2D eigenvalue weighted by Gasteiger charge is -2.12. The van der Waals surface area contributed by atoms with E-state index in [9.17, 15) is 0 Å². The maximum absolute atomic E-state index is 5.45. The molecule has 7 heteroatoms. The molecule has 0 saturated heterocycles. The minimum Gasteiger partial charge on any atom is -0.494 e. The van der Waals surface area contributed by atoms with Gasteiger partial charge in [-0.05, 0) is 40.3 Å². The van der Waals surface area contributed by atoms with Gasteiger partial charge in [-0.1, -0.05) is 18.2 Å². The van der Waals surface area contributed by atoms with E-state index in [1.165, 1.54) is 6.33 Å². The third-order valence-electron chi connectivity index (χ3n) is 3.92. The van der Waals surface area contributed by atoms with Gasteiger partial charge in [0.05, 0.1) is 12.6 Å². The third kappa shape index (κ3) is 3.12. The van der Waals surface area contributed by atoms with Crippen LogP contribution in [0.2, 0.25) is 0 Å². The van der Waals surface area contributed by atoms with Crippen molar-refractivity contribution in [2.24, 2.45) is 0 Å². The number of rotatable bonds is 5. The number of benzene rings is 2. The highest BCUT2D eigenvalue weighted by molar-refractivity contribution is 5.78. The molecule has 0 atom stereocenters. The van der Waals surface area contributed by atoms with Crippen molar-refractivity contribution in [1.82, 2.24) is 25.2 Å². The Labute approximate surface area is 144 Å². The number of anilines is 1. The first-order valence-corrected chi connectivity index (χ1v) is 7.82. The molecule has 2 heterocycles. The topological polar surface area (TPSA) is 77.8 Å². The van der Waals surface area contributed by atoms with Gasteiger partial charge in [-0.25, -0.2) is 0 Å². The van der Waals surface area contributed by atoms with E-state index >= 15 is 0 Å². The van der Waals surface area contributed by atoms with Gasteiger partial charge in [0.25, 0.3) is 0 Å². The van der Waals surface area contributed by atoms with Gasteiger partial charge < -0.3 is 10.1 Å². The molecule has 0 bridgehead atoms. The second-order valence-corrected chi connectivity index (χ2v) is 5.53. The number of para-hydroxylation sites is 1. The summed E-state index contributed by atoms with van der Waals surface area (Å²) in [4.78, 5) is 4.48. The van der Waals surface area contributed by atoms with E-state index in [2.05, 4.69) is 38.0 Å². The van der Waals surface area contributed by atoms with Crippen LogP contribution in [0.15, 0.2) is 61.1 Å². The number of methoxy groups -OCH3 is 1. The molecule has 25 heavy (non-hydrogen) atoms. The highest BCUT2D eigenvalue weighted by Gasteiger charge is 2.08. The molecular formula is C18H16N6O. The first-order valence-electron chi connectivity index (χ1n) is 7.82. The zero-order chi connectivity index (χ0) is 17.1. The molecule has 4 aromatic rings. The SMILES string of the molecule is COc1cc(NCc2cnc3ccccc3c2)ccc1-n1cnnn1. The van der Waals surface area contributed by atoms with Crippen LogP contribution >= 0.6 is 0 Å². The van der Waals surface area contributed by atoms with E-state index in [1.807, 2.05) is 42.6 Å². The number of nitrogens with zero attached hydrogens (tertiary/aromatic N) is 5. The molecule has 124 valence electrons. The Morgan fingerprint density at radius 1 is 1.12 bits per heavy atom. The van der Waals surface area contributed by atoms with E-state index in [4.69, 9.17) is 4.74 Å². The Kier molecular flexibility index (Phi) is 3.96. The van der Waals surface area contributed by atoms with Crippen molar-refractivity contribution in [3.8, 4) is 11.4 Å². The van der Waals surface area contributed by atoms with Crippen LogP contribution in [-0.2, 0) is 6.54 Å². The average molecular weight is 332 g/mol. The van der Waals surface area contributed by atoms with Gasteiger partial charge in [-0.3, -0.25) is 4.98 Å². The van der Waals surface area contributed by atoms with E-state index in [-0.39, 0.29) is 0 Å². The fourth-order valence-corrected chi connectivity index (χ4v) is 2.67. The molecular weight excluding hydrogens is 316 g/mol. The molecule has 0 radical (unpaired) electrons. The minimum atomic E-state index is 0.672. The first-order chi connectivity index (χ1) is 12.3. The van der Waals surface area contributed by atoms with Gasteiger partial charge in [0, 0.05) is 29.9 Å². The van der Waals surface area contributed by atoms with Crippen LogP contribution < -0.4 is 10.1 Å². The number of nitrogens with one attached hydrogen (secondary N) is 1. The minimum absolute atomic E-state index is 0.672. The van der Waals surface area contributed by atoms with Crippen molar-refractivity contribution in [3.05, 3.63) is 66.6 Å². The Morgan fingerprint density at radius 2 is 2.04 bits per heavy atom. The molecule has 4 rings (SSSR count). The van der Waals surface area contributed by atoms with Crippen LogP contribution in [0.5, 0.6) is 5.75 Å². The predicted molar refractivity (Wildman–Crippen MR) is 94.8 cm³/mol. The summed E-state index contributed by atoms with van der Waals surface area (Å²) in [6.45, 7) is 0.672. The highest BCUT2D eigenvalue weighted by Crippen LogP contribution is 2.26. The molecule has 0 aliphatic rings. The largest absolute Gasteiger partial charge is 0.494 e. The standard InChI is InChI=1S/C18H16N6O/c1-25-18-9-15(6-7-17(18)24-12-21-22-23-24)19-10-13-8-14-4-2-3-5-16(14)20-11-13/h2-9,11-12,19H,10H2,1H3. The maximum Gasteiger partial charge on any atom is 0.146 e. The van der Waals surface area contributed by atoms with Gasteiger partial charge in [-0.15, -0.1) is 5.10 Å². The summed E-state index contributed by atoms with van der Waals surface area (Å²) in [5.41, 5.74) is 3.84. The van der Waals surface area contributed by atoms with Crippen molar-refractivity contribution in [1.29, 1.82) is 0 Å². The van der Waals surface area contributed by atoms with Gasteiger partial charge in [-0.2, -0.15) is 4.68 Å². The summed E-state index contributed by atoms with van der Waals surface area (Å²) >= 11 is 0. The van der Waals surface area contributed by atoms with Crippen molar-refractivity contribution in [2.45, 2.75) is 6.54 Å². The summed E-state index contributed by atoms with van der Waals surface area (Å²) in [7, 11) is 1.63. The maximum atomic E-state index is 5.45. The lowest BCUT2D eigenvalue weighted by atomic mass is 10.1. The summed E-state index contributed by atoms with van der Waals surface area (Å²) in [5, 5.41) is 15.7. The van der Waals surface area contributed by atoms with E-state index < -0.39 is 0 Å². The van der Waals surface area contributed by atoms with Crippen molar-refractivity contribution < 1.29 is 4.74 Å². The van der Waals surface area contributed by atoms with Gasteiger partial charge in [0.15, 0.2) is 0 Å². The monoisotopic (exact) mass is 332 g/mol. The van der Waals surface area contributed by atoms with Crippen molar-refractivity contribution >= 4 is 16.6 Å². The van der Waals surface area contributed by atoms with Crippen LogP contribution in [0.25, 0.3) is 16.6 Å². The quantitative estimate of drug-likeness (QED) is 0.605.